The summed E-state index contributed by atoms with van der Waals surface area (Å²) in [5.74, 6) is -0.222. The highest BCUT2D eigenvalue weighted by Crippen LogP contribution is 2.20. The van der Waals surface area contributed by atoms with Gasteiger partial charge < -0.3 is 15.3 Å². The molecule has 2 amide bonds. The molecular formula is C16H22N2O3. The molecule has 0 radical (unpaired) electrons. The van der Waals surface area contributed by atoms with Crippen LogP contribution in [0.15, 0.2) is 24.3 Å². The van der Waals surface area contributed by atoms with Gasteiger partial charge in [-0.05, 0) is 51.0 Å². The molecule has 114 valence electrons. The molecule has 0 saturated carbocycles. The molecule has 1 unspecified atom stereocenters. The van der Waals surface area contributed by atoms with Gasteiger partial charge in [0.05, 0.1) is 12.6 Å². The first-order valence-electron chi connectivity index (χ1n) is 7.35. The number of aliphatic hydroxyl groups is 1. The molecule has 1 aromatic carbocycles. The second kappa shape index (κ2) is 6.72. The van der Waals surface area contributed by atoms with Crippen LogP contribution in [0.25, 0.3) is 0 Å². The van der Waals surface area contributed by atoms with Crippen molar-refractivity contribution in [2.75, 3.05) is 13.2 Å². The minimum atomic E-state index is -0.140. The Morgan fingerprint density at radius 2 is 1.90 bits per heavy atom. The van der Waals surface area contributed by atoms with Gasteiger partial charge in [0.25, 0.3) is 11.8 Å². The van der Waals surface area contributed by atoms with Crippen LogP contribution in [-0.4, -0.2) is 47.1 Å². The van der Waals surface area contributed by atoms with E-state index in [1.807, 2.05) is 13.8 Å². The second-order valence-corrected chi connectivity index (χ2v) is 5.68. The van der Waals surface area contributed by atoms with Gasteiger partial charge in [-0.25, -0.2) is 0 Å². The predicted octanol–water partition coefficient (Wildman–Crippen LogP) is 1.42. The van der Waals surface area contributed by atoms with Crippen LogP contribution in [-0.2, 0) is 0 Å². The molecule has 0 bridgehead atoms. The molecule has 5 heteroatoms. The molecule has 0 spiro atoms. The lowest BCUT2D eigenvalue weighted by atomic mass is 10.1. The summed E-state index contributed by atoms with van der Waals surface area (Å²) >= 11 is 0. The normalized spacial score (nSPS) is 18.1. The summed E-state index contributed by atoms with van der Waals surface area (Å²) in [6, 6.07) is 6.66. The highest BCUT2D eigenvalue weighted by atomic mass is 16.3. The Bertz CT molecular complexity index is 511. The van der Waals surface area contributed by atoms with Crippen molar-refractivity contribution < 1.29 is 14.7 Å². The average Bonchev–Trinajstić information content (AvgIpc) is 2.94. The maximum atomic E-state index is 12.4. The van der Waals surface area contributed by atoms with Crippen molar-refractivity contribution in [3.05, 3.63) is 35.4 Å². The quantitative estimate of drug-likeness (QED) is 0.881. The number of aliphatic hydroxyl groups excluding tert-OH is 1. The summed E-state index contributed by atoms with van der Waals surface area (Å²) in [5, 5.41) is 12.1. The van der Waals surface area contributed by atoms with E-state index in [0.29, 0.717) is 17.7 Å². The number of nitrogens with one attached hydrogen (secondary N) is 1. The third kappa shape index (κ3) is 3.61. The van der Waals surface area contributed by atoms with Crippen LogP contribution in [0.4, 0.5) is 0 Å². The van der Waals surface area contributed by atoms with E-state index in [4.69, 9.17) is 0 Å². The summed E-state index contributed by atoms with van der Waals surface area (Å²) in [6.07, 6.45) is 1.77. The monoisotopic (exact) mass is 290 g/mol. The van der Waals surface area contributed by atoms with E-state index < -0.39 is 0 Å². The van der Waals surface area contributed by atoms with Crippen LogP contribution in [0.3, 0.4) is 0 Å². The van der Waals surface area contributed by atoms with E-state index in [0.717, 1.165) is 12.8 Å². The largest absolute Gasteiger partial charge is 0.394 e. The Morgan fingerprint density at radius 3 is 2.48 bits per heavy atom. The summed E-state index contributed by atoms with van der Waals surface area (Å²) < 4.78 is 0. The second-order valence-electron chi connectivity index (χ2n) is 5.68. The standard InChI is InChI=1S/C16H22N2O3/c1-11(2)17-15(20)12-5-7-13(8-6-12)16(21)18-9-3-4-14(18)10-19/h5-8,11,14,19H,3-4,9-10H2,1-2H3,(H,17,20). The maximum absolute atomic E-state index is 12.4. The molecule has 1 heterocycles. The Kier molecular flexibility index (Phi) is 4.96. The predicted molar refractivity (Wildman–Crippen MR) is 80.2 cm³/mol. The van der Waals surface area contributed by atoms with Crippen molar-refractivity contribution in [3.63, 3.8) is 0 Å². The lowest BCUT2D eigenvalue weighted by Gasteiger charge is -2.23. The van der Waals surface area contributed by atoms with E-state index in [2.05, 4.69) is 5.32 Å². The molecule has 1 aliphatic heterocycles. The molecule has 2 rings (SSSR count). The fourth-order valence-corrected chi connectivity index (χ4v) is 2.57. The van der Waals surface area contributed by atoms with Gasteiger partial charge in [0, 0.05) is 23.7 Å². The van der Waals surface area contributed by atoms with E-state index in [1.54, 1.807) is 29.2 Å². The van der Waals surface area contributed by atoms with Gasteiger partial charge >= 0.3 is 0 Å². The Hall–Kier alpha value is -1.88. The molecule has 0 aromatic heterocycles. The number of hydrogen-bond acceptors (Lipinski definition) is 3. The van der Waals surface area contributed by atoms with Crippen molar-refractivity contribution in [3.8, 4) is 0 Å². The number of carbonyl (C=O) groups excluding carboxylic acids is 2. The number of carbonyl (C=O) groups is 2. The van der Waals surface area contributed by atoms with Gasteiger partial charge in [0.2, 0.25) is 0 Å². The van der Waals surface area contributed by atoms with E-state index in [1.165, 1.54) is 0 Å². The zero-order valence-electron chi connectivity index (χ0n) is 12.5. The summed E-state index contributed by atoms with van der Waals surface area (Å²) in [7, 11) is 0. The van der Waals surface area contributed by atoms with Crippen molar-refractivity contribution >= 4 is 11.8 Å². The topological polar surface area (TPSA) is 69.6 Å². The van der Waals surface area contributed by atoms with Gasteiger partial charge in [-0.1, -0.05) is 0 Å². The summed E-state index contributed by atoms with van der Waals surface area (Å²) in [4.78, 5) is 26.0. The molecule has 1 aromatic rings. The number of nitrogens with zero attached hydrogens (tertiary/aromatic N) is 1. The molecule has 1 atom stereocenters. The Balaban J connectivity index is 2.08. The van der Waals surface area contributed by atoms with Crippen LogP contribution in [0.2, 0.25) is 0 Å². The lowest BCUT2D eigenvalue weighted by Crippen LogP contribution is -2.37. The summed E-state index contributed by atoms with van der Waals surface area (Å²) in [5.41, 5.74) is 1.09. The molecule has 21 heavy (non-hydrogen) atoms. The van der Waals surface area contributed by atoms with Crippen molar-refractivity contribution in [1.29, 1.82) is 0 Å². The van der Waals surface area contributed by atoms with Gasteiger partial charge in [-0.2, -0.15) is 0 Å². The number of likely N-dealkylation sites (tertiary alicyclic amines) is 1. The Morgan fingerprint density at radius 1 is 1.29 bits per heavy atom. The smallest absolute Gasteiger partial charge is 0.254 e. The molecule has 1 fully saturated rings. The van der Waals surface area contributed by atoms with E-state index in [-0.39, 0.29) is 30.5 Å². The SMILES string of the molecule is CC(C)NC(=O)c1ccc(C(=O)N2CCCC2CO)cc1. The van der Waals surface area contributed by atoms with Crippen molar-refractivity contribution in [2.24, 2.45) is 0 Å². The maximum Gasteiger partial charge on any atom is 0.254 e. The van der Waals surface area contributed by atoms with Gasteiger partial charge in [-0.15, -0.1) is 0 Å². The fourth-order valence-electron chi connectivity index (χ4n) is 2.57. The van der Waals surface area contributed by atoms with Crippen LogP contribution < -0.4 is 5.32 Å². The van der Waals surface area contributed by atoms with Gasteiger partial charge in [-0.3, -0.25) is 9.59 Å². The molecule has 2 N–H and O–H groups in total. The first-order chi connectivity index (χ1) is 10.0. The molecule has 5 nitrogen and oxygen atoms in total. The van der Waals surface area contributed by atoms with E-state index >= 15 is 0 Å². The molecule has 0 aliphatic carbocycles. The van der Waals surface area contributed by atoms with Gasteiger partial charge in [0.15, 0.2) is 0 Å². The minimum absolute atomic E-state index is 0.000613. The summed E-state index contributed by atoms with van der Waals surface area (Å²) in [6.45, 7) is 4.48. The first kappa shape index (κ1) is 15.5. The fraction of sp³-hybridized carbons (Fsp3) is 0.500. The van der Waals surface area contributed by atoms with Gasteiger partial charge in [0.1, 0.15) is 0 Å². The highest BCUT2D eigenvalue weighted by molar-refractivity contribution is 5.98. The van der Waals surface area contributed by atoms with Crippen molar-refractivity contribution in [1.82, 2.24) is 10.2 Å². The molecule has 1 aliphatic rings. The highest BCUT2D eigenvalue weighted by Gasteiger charge is 2.28. The van der Waals surface area contributed by atoms with Crippen molar-refractivity contribution in [2.45, 2.75) is 38.8 Å². The third-order valence-corrected chi connectivity index (χ3v) is 3.66. The van der Waals surface area contributed by atoms with Crippen LogP contribution in [0, 0.1) is 0 Å². The number of amides is 2. The van der Waals surface area contributed by atoms with Crippen LogP contribution in [0.1, 0.15) is 47.4 Å². The van der Waals surface area contributed by atoms with E-state index in [9.17, 15) is 14.7 Å². The van der Waals surface area contributed by atoms with Crippen LogP contribution >= 0.6 is 0 Å². The zero-order valence-corrected chi connectivity index (χ0v) is 12.5. The molecule has 1 saturated heterocycles. The number of benzene rings is 1. The average molecular weight is 290 g/mol. The Labute approximate surface area is 125 Å². The first-order valence-corrected chi connectivity index (χ1v) is 7.35. The minimum Gasteiger partial charge on any atom is -0.394 e. The molecular weight excluding hydrogens is 268 g/mol. The lowest BCUT2D eigenvalue weighted by molar-refractivity contribution is 0.0677. The zero-order chi connectivity index (χ0) is 15.4. The number of rotatable bonds is 4. The number of hydrogen-bond donors (Lipinski definition) is 2. The third-order valence-electron chi connectivity index (χ3n) is 3.66. The van der Waals surface area contributed by atoms with Crippen LogP contribution in [0.5, 0.6) is 0 Å².